The van der Waals surface area contributed by atoms with E-state index in [1.807, 2.05) is 49.5 Å². The van der Waals surface area contributed by atoms with Gasteiger partial charge < -0.3 is 14.8 Å². The molecule has 3 nitrogen and oxygen atoms in total. The third-order valence-corrected chi connectivity index (χ3v) is 4.05. The highest BCUT2D eigenvalue weighted by Gasteiger charge is 2.16. The van der Waals surface area contributed by atoms with Gasteiger partial charge in [-0.1, -0.05) is 52.3 Å². The number of hydrogen-bond acceptors (Lipinski definition) is 3. The summed E-state index contributed by atoms with van der Waals surface area (Å²) in [5.41, 5.74) is 2.19. The molecular weight excluding hydrogens is 330 g/mol. The lowest BCUT2D eigenvalue weighted by molar-refractivity contribution is 0.0392. The Morgan fingerprint density at radius 2 is 1.81 bits per heavy atom. The van der Waals surface area contributed by atoms with Crippen molar-refractivity contribution in [3.8, 4) is 5.75 Å². The van der Waals surface area contributed by atoms with E-state index in [1.165, 1.54) is 0 Å². The number of likely N-dealkylation sites (N-methyl/N-ethyl adjacent to an activating group) is 1. The van der Waals surface area contributed by atoms with E-state index in [4.69, 9.17) is 9.47 Å². The van der Waals surface area contributed by atoms with Gasteiger partial charge in [0.15, 0.2) is 0 Å². The molecule has 2 aromatic rings. The average Bonchev–Trinajstić information content (AvgIpc) is 2.53. The van der Waals surface area contributed by atoms with Crippen LogP contribution in [0.5, 0.6) is 5.75 Å². The highest BCUT2D eigenvalue weighted by Crippen LogP contribution is 2.28. The Hall–Kier alpha value is -1.36. The van der Waals surface area contributed by atoms with Crippen LogP contribution in [0.15, 0.2) is 53.0 Å². The molecule has 0 bridgehead atoms. The van der Waals surface area contributed by atoms with Crippen molar-refractivity contribution in [1.82, 2.24) is 5.32 Å². The van der Waals surface area contributed by atoms with E-state index in [9.17, 15) is 0 Å². The number of nitrogens with one attached hydrogen (secondary N) is 1. The van der Waals surface area contributed by atoms with Crippen LogP contribution in [0, 0.1) is 0 Å². The van der Waals surface area contributed by atoms with Crippen LogP contribution in [0.1, 0.15) is 17.2 Å². The smallest absolute Gasteiger partial charge is 0.124 e. The SMILES string of the molecule is CNCC(OCc1ccccc1Br)c1ccccc1OC. The minimum absolute atomic E-state index is 0.0572. The van der Waals surface area contributed by atoms with Gasteiger partial charge in [0.2, 0.25) is 0 Å². The van der Waals surface area contributed by atoms with Crippen LogP contribution in [0.4, 0.5) is 0 Å². The Morgan fingerprint density at radius 3 is 2.52 bits per heavy atom. The van der Waals surface area contributed by atoms with Crippen molar-refractivity contribution in [2.75, 3.05) is 20.7 Å². The van der Waals surface area contributed by atoms with Crippen molar-refractivity contribution in [3.05, 3.63) is 64.1 Å². The molecule has 0 heterocycles. The molecule has 0 aliphatic rings. The summed E-state index contributed by atoms with van der Waals surface area (Å²) in [4.78, 5) is 0. The predicted molar refractivity (Wildman–Crippen MR) is 88.6 cm³/mol. The van der Waals surface area contributed by atoms with Gasteiger partial charge in [0.1, 0.15) is 5.75 Å². The number of methoxy groups -OCH3 is 1. The van der Waals surface area contributed by atoms with Crippen LogP contribution >= 0.6 is 15.9 Å². The van der Waals surface area contributed by atoms with E-state index < -0.39 is 0 Å². The summed E-state index contributed by atoms with van der Waals surface area (Å²) in [5.74, 6) is 0.852. The summed E-state index contributed by atoms with van der Waals surface area (Å²) in [6.45, 7) is 1.27. The summed E-state index contributed by atoms with van der Waals surface area (Å²) < 4.78 is 12.6. The summed E-state index contributed by atoms with van der Waals surface area (Å²) in [5, 5.41) is 3.18. The maximum absolute atomic E-state index is 6.11. The fourth-order valence-corrected chi connectivity index (χ4v) is 2.58. The van der Waals surface area contributed by atoms with Gasteiger partial charge >= 0.3 is 0 Å². The number of para-hydroxylation sites is 1. The van der Waals surface area contributed by atoms with Crippen LogP contribution in [-0.4, -0.2) is 20.7 Å². The Morgan fingerprint density at radius 1 is 1.10 bits per heavy atom. The molecule has 2 aromatic carbocycles. The topological polar surface area (TPSA) is 30.5 Å². The van der Waals surface area contributed by atoms with Gasteiger partial charge in [0.05, 0.1) is 19.8 Å². The maximum Gasteiger partial charge on any atom is 0.124 e. The molecule has 0 aliphatic carbocycles. The number of ether oxygens (including phenoxy) is 2. The van der Waals surface area contributed by atoms with E-state index in [1.54, 1.807) is 7.11 Å². The monoisotopic (exact) mass is 349 g/mol. The molecular formula is C17H20BrNO2. The van der Waals surface area contributed by atoms with E-state index >= 15 is 0 Å². The summed E-state index contributed by atoms with van der Waals surface area (Å²) in [7, 11) is 3.60. The van der Waals surface area contributed by atoms with Crippen LogP contribution in [-0.2, 0) is 11.3 Å². The first-order chi connectivity index (χ1) is 10.3. The zero-order valence-electron chi connectivity index (χ0n) is 12.3. The Bertz CT molecular complexity index is 574. The number of halogens is 1. The Balaban J connectivity index is 2.14. The van der Waals surface area contributed by atoms with Crippen LogP contribution in [0.25, 0.3) is 0 Å². The van der Waals surface area contributed by atoms with Crippen molar-refractivity contribution >= 4 is 15.9 Å². The third kappa shape index (κ3) is 4.30. The molecule has 0 amide bonds. The molecule has 0 fully saturated rings. The van der Waals surface area contributed by atoms with Gasteiger partial charge in [-0.15, -0.1) is 0 Å². The Labute approximate surface area is 134 Å². The van der Waals surface area contributed by atoms with Gasteiger partial charge in [-0.25, -0.2) is 0 Å². The fourth-order valence-electron chi connectivity index (χ4n) is 2.18. The quantitative estimate of drug-likeness (QED) is 0.821. The standard InChI is InChI=1S/C17H20BrNO2/c1-19-11-17(14-8-4-6-10-16(14)20-2)21-12-13-7-3-5-9-15(13)18/h3-10,17,19H,11-12H2,1-2H3. The number of benzene rings is 2. The molecule has 0 aromatic heterocycles. The molecule has 0 spiro atoms. The molecule has 1 unspecified atom stereocenters. The molecule has 0 aliphatic heterocycles. The fraction of sp³-hybridized carbons (Fsp3) is 0.294. The van der Waals surface area contributed by atoms with Crippen molar-refractivity contribution in [3.63, 3.8) is 0 Å². The lowest BCUT2D eigenvalue weighted by Crippen LogP contribution is -2.20. The second-order valence-electron chi connectivity index (χ2n) is 4.69. The van der Waals surface area contributed by atoms with Gasteiger partial charge in [-0.3, -0.25) is 0 Å². The summed E-state index contributed by atoms with van der Waals surface area (Å²) in [6.07, 6.45) is -0.0572. The predicted octanol–water partition coefficient (Wildman–Crippen LogP) is 3.94. The molecule has 2 rings (SSSR count). The Kier molecular flexibility index (Phi) is 6.23. The van der Waals surface area contributed by atoms with Crippen LogP contribution < -0.4 is 10.1 Å². The highest BCUT2D eigenvalue weighted by molar-refractivity contribution is 9.10. The lowest BCUT2D eigenvalue weighted by Gasteiger charge is -2.20. The zero-order valence-corrected chi connectivity index (χ0v) is 13.9. The minimum atomic E-state index is -0.0572. The highest BCUT2D eigenvalue weighted by atomic mass is 79.9. The number of rotatable bonds is 7. The van der Waals surface area contributed by atoms with Crippen molar-refractivity contribution in [2.45, 2.75) is 12.7 Å². The van der Waals surface area contributed by atoms with Gasteiger partial charge in [0.25, 0.3) is 0 Å². The first kappa shape index (κ1) is 16.0. The molecule has 0 radical (unpaired) electrons. The van der Waals surface area contributed by atoms with E-state index in [0.29, 0.717) is 6.61 Å². The van der Waals surface area contributed by atoms with Gasteiger partial charge in [-0.2, -0.15) is 0 Å². The average molecular weight is 350 g/mol. The van der Waals surface area contributed by atoms with E-state index in [2.05, 4.69) is 27.3 Å². The van der Waals surface area contributed by atoms with Crippen molar-refractivity contribution in [2.24, 2.45) is 0 Å². The second kappa shape index (κ2) is 8.17. The normalized spacial score (nSPS) is 12.1. The number of hydrogen-bond donors (Lipinski definition) is 1. The van der Waals surface area contributed by atoms with Gasteiger partial charge in [0, 0.05) is 16.6 Å². The largest absolute Gasteiger partial charge is 0.496 e. The van der Waals surface area contributed by atoms with E-state index in [0.717, 1.165) is 27.9 Å². The lowest BCUT2D eigenvalue weighted by atomic mass is 10.1. The second-order valence-corrected chi connectivity index (χ2v) is 5.55. The van der Waals surface area contributed by atoms with Crippen molar-refractivity contribution in [1.29, 1.82) is 0 Å². The zero-order chi connectivity index (χ0) is 15.1. The third-order valence-electron chi connectivity index (χ3n) is 3.27. The van der Waals surface area contributed by atoms with Crippen LogP contribution in [0.2, 0.25) is 0 Å². The molecule has 0 saturated carbocycles. The summed E-state index contributed by atoms with van der Waals surface area (Å²) >= 11 is 3.55. The maximum atomic E-state index is 6.11. The first-order valence-electron chi connectivity index (χ1n) is 6.88. The van der Waals surface area contributed by atoms with Crippen LogP contribution in [0.3, 0.4) is 0 Å². The molecule has 112 valence electrons. The molecule has 1 atom stereocenters. The van der Waals surface area contributed by atoms with E-state index in [-0.39, 0.29) is 6.10 Å². The van der Waals surface area contributed by atoms with Gasteiger partial charge in [-0.05, 0) is 24.7 Å². The molecule has 4 heteroatoms. The minimum Gasteiger partial charge on any atom is -0.496 e. The molecule has 0 saturated heterocycles. The first-order valence-corrected chi connectivity index (χ1v) is 7.68. The van der Waals surface area contributed by atoms with Crippen molar-refractivity contribution < 1.29 is 9.47 Å². The molecule has 21 heavy (non-hydrogen) atoms. The summed E-state index contributed by atoms with van der Waals surface area (Å²) in [6, 6.07) is 16.1. The molecule has 1 N–H and O–H groups in total.